The summed E-state index contributed by atoms with van der Waals surface area (Å²) in [4.78, 5) is 21.8. The predicted molar refractivity (Wildman–Crippen MR) is 73.3 cm³/mol. The average Bonchev–Trinajstić information content (AvgIpc) is 2.27. The van der Waals surface area contributed by atoms with Crippen LogP contribution in [0.4, 0.5) is 13.2 Å². The normalized spacial score (nSPS) is 10.6. The van der Waals surface area contributed by atoms with Gasteiger partial charge in [0.1, 0.15) is 0 Å². The van der Waals surface area contributed by atoms with E-state index in [1.54, 1.807) is 23.1 Å². The molecule has 0 fully saturated rings. The van der Waals surface area contributed by atoms with Crippen molar-refractivity contribution in [1.82, 2.24) is 0 Å². The van der Waals surface area contributed by atoms with Crippen LogP contribution in [0.3, 0.4) is 0 Å². The third-order valence-corrected chi connectivity index (χ3v) is 2.79. The standard InChI is InChI=1S/C11H12O3.C2H4F3P/c1-6-4-7(2)9(8(3)5-6)10(12)11(13)14;3-2(4,5)1-6/h4-5H,1-3H3,(H,13,14);1,6H2. The lowest BCUT2D eigenvalue weighted by Crippen LogP contribution is -2.15. The summed E-state index contributed by atoms with van der Waals surface area (Å²) in [6, 6.07) is 3.62. The summed E-state index contributed by atoms with van der Waals surface area (Å²) >= 11 is 0. The Morgan fingerprint density at radius 3 is 1.75 bits per heavy atom. The molecular weight excluding hydrogens is 292 g/mol. The summed E-state index contributed by atoms with van der Waals surface area (Å²) in [5, 5.41) is 8.60. The van der Waals surface area contributed by atoms with Gasteiger partial charge in [-0.3, -0.25) is 4.79 Å². The summed E-state index contributed by atoms with van der Waals surface area (Å²) in [6.45, 7) is 5.40. The van der Waals surface area contributed by atoms with Gasteiger partial charge in [-0.15, -0.1) is 9.24 Å². The Morgan fingerprint density at radius 1 is 1.15 bits per heavy atom. The number of alkyl halides is 3. The zero-order chi connectivity index (χ0) is 16.1. The lowest BCUT2D eigenvalue weighted by Gasteiger charge is -2.07. The van der Waals surface area contributed by atoms with E-state index in [9.17, 15) is 22.8 Å². The number of carboxylic acid groups (broad SMARTS) is 1. The molecule has 1 atom stereocenters. The molecule has 0 bridgehead atoms. The van der Waals surface area contributed by atoms with Crippen molar-refractivity contribution in [3.8, 4) is 0 Å². The summed E-state index contributed by atoms with van der Waals surface area (Å²) in [5.74, 6) is -2.24. The molecule has 0 aliphatic heterocycles. The molecule has 0 saturated heterocycles. The van der Waals surface area contributed by atoms with Gasteiger partial charge in [-0.1, -0.05) is 17.7 Å². The zero-order valence-corrected chi connectivity index (χ0v) is 12.5. The van der Waals surface area contributed by atoms with E-state index in [1.165, 1.54) is 0 Å². The van der Waals surface area contributed by atoms with E-state index in [-0.39, 0.29) is 0 Å². The molecule has 112 valence electrons. The number of carboxylic acids is 1. The molecule has 0 radical (unpaired) electrons. The van der Waals surface area contributed by atoms with Gasteiger partial charge in [-0.05, 0) is 31.9 Å². The van der Waals surface area contributed by atoms with E-state index in [0.29, 0.717) is 5.56 Å². The number of halogens is 3. The van der Waals surface area contributed by atoms with E-state index in [0.717, 1.165) is 16.7 Å². The SMILES string of the molecule is Cc1cc(C)c(C(=O)C(=O)O)c(C)c1.FC(F)(F)CP. The monoisotopic (exact) mass is 308 g/mol. The third-order valence-electron chi connectivity index (χ3n) is 2.33. The molecule has 0 spiro atoms. The fraction of sp³-hybridized carbons (Fsp3) is 0.385. The molecule has 0 aromatic heterocycles. The van der Waals surface area contributed by atoms with Crippen LogP contribution in [-0.4, -0.2) is 29.2 Å². The highest BCUT2D eigenvalue weighted by Gasteiger charge is 2.22. The second kappa shape index (κ2) is 7.39. The average molecular weight is 308 g/mol. The lowest BCUT2D eigenvalue weighted by molar-refractivity contribution is -0.131. The van der Waals surface area contributed by atoms with Crippen LogP contribution in [-0.2, 0) is 4.79 Å². The van der Waals surface area contributed by atoms with Gasteiger partial charge >= 0.3 is 12.1 Å². The number of rotatable bonds is 2. The van der Waals surface area contributed by atoms with Crippen molar-refractivity contribution in [3.05, 3.63) is 34.4 Å². The minimum absolute atomic E-state index is 0.308. The fourth-order valence-corrected chi connectivity index (χ4v) is 1.65. The van der Waals surface area contributed by atoms with Crippen molar-refractivity contribution >= 4 is 21.0 Å². The van der Waals surface area contributed by atoms with E-state index in [1.807, 2.05) is 19.1 Å². The van der Waals surface area contributed by atoms with Gasteiger partial charge in [0.25, 0.3) is 5.78 Å². The van der Waals surface area contributed by atoms with Crippen molar-refractivity contribution in [2.24, 2.45) is 0 Å². The molecule has 1 N–H and O–H groups in total. The number of benzene rings is 1. The highest BCUT2D eigenvalue weighted by Crippen LogP contribution is 2.17. The quantitative estimate of drug-likeness (QED) is 0.518. The van der Waals surface area contributed by atoms with Crippen LogP contribution < -0.4 is 0 Å². The van der Waals surface area contributed by atoms with Gasteiger partial charge in [0.15, 0.2) is 0 Å². The topological polar surface area (TPSA) is 54.4 Å². The van der Waals surface area contributed by atoms with E-state index < -0.39 is 24.1 Å². The maximum absolute atomic E-state index is 11.3. The molecule has 0 saturated carbocycles. The van der Waals surface area contributed by atoms with E-state index >= 15 is 0 Å². The first-order chi connectivity index (χ1) is 8.99. The molecule has 0 heterocycles. The summed E-state index contributed by atoms with van der Waals surface area (Å²) in [6.07, 6.45) is -4.81. The van der Waals surface area contributed by atoms with Crippen LogP contribution in [0.2, 0.25) is 0 Å². The van der Waals surface area contributed by atoms with Crippen LogP contribution >= 0.6 is 9.24 Å². The lowest BCUT2D eigenvalue weighted by atomic mass is 9.97. The minimum Gasteiger partial charge on any atom is -0.475 e. The van der Waals surface area contributed by atoms with Crippen LogP contribution in [0.25, 0.3) is 0 Å². The number of carbonyl (C=O) groups excluding carboxylic acids is 1. The number of hydrogen-bond acceptors (Lipinski definition) is 2. The number of ketones is 1. The number of aliphatic carboxylic acids is 1. The van der Waals surface area contributed by atoms with Gasteiger partial charge in [0.05, 0.1) is 6.16 Å². The molecule has 1 unspecified atom stereocenters. The summed E-state index contributed by atoms with van der Waals surface area (Å²) in [5.41, 5.74) is 2.77. The first-order valence-corrected chi connectivity index (χ1v) is 6.43. The van der Waals surface area contributed by atoms with E-state index in [2.05, 4.69) is 0 Å². The predicted octanol–water partition coefficient (Wildman–Crippen LogP) is 3.30. The highest BCUT2D eigenvalue weighted by atomic mass is 31.0. The molecule has 1 aromatic rings. The fourth-order valence-electron chi connectivity index (χ4n) is 1.65. The molecule has 3 nitrogen and oxygen atoms in total. The van der Waals surface area contributed by atoms with Crippen molar-refractivity contribution in [2.75, 3.05) is 6.16 Å². The zero-order valence-electron chi connectivity index (χ0n) is 11.3. The van der Waals surface area contributed by atoms with Gasteiger partial charge in [0, 0.05) is 5.56 Å². The molecule has 1 rings (SSSR count). The summed E-state index contributed by atoms with van der Waals surface area (Å²) < 4.78 is 32.3. The summed E-state index contributed by atoms with van der Waals surface area (Å²) in [7, 11) is 1.60. The van der Waals surface area contributed by atoms with Crippen molar-refractivity contribution in [1.29, 1.82) is 0 Å². The Bertz CT molecular complexity index is 487. The maximum atomic E-state index is 11.3. The Kier molecular flexibility index (Phi) is 6.86. The first-order valence-electron chi connectivity index (χ1n) is 5.62. The molecule has 0 amide bonds. The van der Waals surface area contributed by atoms with Crippen molar-refractivity contribution in [3.63, 3.8) is 0 Å². The molecule has 20 heavy (non-hydrogen) atoms. The second-order valence-electron chi connectivity index (χ2n) is 4.23. The number of aryl methyl sites for hydroxylation is 3. The van der Waals surface area contributed by atoms with Crippen molar-refractivity contribution < 1.29 is 27.9 Å². The minimum atomic E-state index is -4.00. The largest absolute Gasteiger partial charge is 0.475 e. The van der Waals surface area contributed by atoms with Gasteiger partial charge in [-0.25, -0.2) is 4.79 Å². The molecule has 7 heteroatoms. The van der Waals surface area contributed by atoms with Crippen LogP contribution in [0.5, 0.6) is 0 Å². The van der Waals surface area contributed by atoms with Crippen LogP contribution in [0.15, 0.2) is 12.1 Å². The van der Waals surface area contributed by atoms with E-state index in [4.69, 9.17) is 5.11 Å². The number of Topliss-reactive ketones (excluding diaryl/α,β-unsaturated/α-hetero) is 1. The smallest absolute Gasteiger partial charge is 0.392 e. The number of carbonyl (C=O) groups is 2. The third kappa shape index (κ3) is 6.15. The first kappa shape index (κ1) is 18.6. The second-order valence-corrected chi connectivity index (χ2v) is 4.64. The van der Waals surface area contributed by atoms with Gasteiger partial charge in [-0.2, -0.15) is 13.2 Å². The Labute approximate surface area is 117 Å². The number of hydrogen-bond donors (Lipinski definition) is 1. The Hall–Kier alpha value is -1.42. The maximum Gasteiger partial charge on any atom is 0.392 e. The van der Waals surface area contributed by atoms with Gasteiger partial charge in [0.2, 0.25) is 0 Å². The van der Waals surface area contributed by atoms with Gasteiger partial charge < -0.3 is 5.11 Å². The Balaban J connectivity index is 0.000000511. The van der Waals surface area contributed by atoms with Crippen molar-refractivity contribution in [2.45, 2.75) is 26.9 Å². The van der Waals surface area contributed by atoms with Crippen LogP contribution in [0.1, 0.15) is 27.0 Å². The van der Waals surface area contributed by atoms with Crippen LogP contribution in [0, 0.1) is 20.8 Å². The molecule has 1 aromatic carbocycles. The Morgan fingerprint density at radius 2 is 1.50 bits per heavy atom. The molecule has 0 aliphatic rings. The molecule has 0 aliphatic carbocycles. The highest BCUT2D eigenvalue weighted by molar-refractivity contribution is 7.16. The molecular formula is C13H16F3O3P.